The van der Waals surface area contributed by atoms with Gasteiger partial charge in [0.25, 0.3) is 5.69 Å². The third-order valence-corrected chi connectivity index (χ3v) is 3.06. The van der Waals surface area contributed by atoms with Crippen molar-refractivity contribution in [3.05, 3.63) is 33.9 Å². The molecule has 7 nitrogen and oxygen atoms in total. The zero-order valence-electron chi connectivity index (χ0n) is 12.6. The van der Waals surface area contributed by atoms with Gasteiger partial charge in [0.1, 0.15) is 11.3 Å². The van der Waals surface area contributed by atoms with Crippen LogP contribution in [-0.2, 0) is 9.53 Å². The maximum Gasteiger partial charge on any atom is 0.325 e. The molecule has 0 aliphatic carbocycles. The van der Waals surface area contributed by atoms with Crippen molar-refractivity contribution in [3.8, 4) is 5.75 Å². The fraction of sp³-hybridized carbons (Fsp3) is 0.500. The summed E-state index contributed by atoms with van der Waals surface area (Å²) < 4.78 is 10.3. The number of rotatable bonds is 6. The van der Waals surface area contributed by atoms with Crippen LogP contribution in [0, 0.1) is 17.0 Å². The fourth-order valence-corrected chi connectivity index (χ4v) is 2.05. The molecule has 0 aromatic heterocycles. The van der Waals surface area contributed by atoms with Crippen LogP contribution in [0.25, 0.3) is 0 Å². The van der Waals surface area contributed by atoms with Crippen LogP contribution >= 0.6 is 0 Å². The summed E-state index contributed by atoms with van der Waals surface area (Å²) in [6, 6.07) is 4.34. The van der Waals surface area contributed by atoms with Crippen LogP contribution < -0.4 is 10.5 Å². The molecule has 21 heavy (non-hydrogen) atoms. The molecule has 1 aromatic rings. The third kappa shape index (κ3) is 4.42. The van der Waals surface area contributed by atoms with Crippen molar-refractivity contribution in [1.82, 2.24) is 0 Å². The lowest BCUT2D eigenvalue weighted by Crippen LogP contribution is -2.48. The summed E-state index contributed by atoms with van der Waals surface area (Å²) in [6.07, 6.45) is -0.0879. The van der Waals surface area contributed by atoms with Gasteiger partial charge in [-0.2, -0.15) is 0 Å². The number of nitro groups is 1. The number of hydrogen-bond donors (Lipinski definition) is 1. The van der Waals surface area contributed by atoms with E-state index in [9.17, 15) is 14.9 Å². The van der Waals surface area contributed by atoms with Crippen molar-refractivity contribution in [2.24, 2.45) is 5.73 Å². The summed E-state index contributed by atoms with van der Waals surface area (Å²) in [7, 11) is 1.28. The molecular weight excluding hydrogens is 276 g/mol. The lowest BCUT2D eigenvalue weighted by atomic mass is 9.96. The number of ether oxygens (including phenoxy) is 2. The van der Waals surface area contributed by atoms with Gasteiger partial charge in [0, 0.05) is 18.6 Å². The van der Waals surface area contributed by atoms with Crippen LogP contribution in [0.2, 0.25) is 0 Å². The van der Waals surface area contributed by atoms with Gasteiger partial charge in [-0.25, -0.2) is 0 Å². The molecule has 0 spiro atoms. The first kappa shape index (κ1) is 16.9. The highest BCUT2D eigenvalue weighted by molar-refractivity contribution is 5.79. The van der Waals surface area contributed by atoms with E-state index in [1.165, 1.54) is 25.3 Å². The average Bonchev–Trinajstić information content (AvgIpc) is 2.39. The smallest absolute Gasteiger partial charge is 0.325 e. The van der Waals surface area contributed by atoms with E-state index in [1.54, 1.807) is 20.8 Å². The van der Waals surface area contributed by atoms with E-state index in [0.29, 0.717) is 11.3 Å². The molecule has 1 rings (SSSR count). The Bertz CT molecular complexity index is 542. The van der Waals surface area contributed by atoms with Crippen LogP contribution in [0.15, 0.2) is 18.2 Å². The minimum atomic E-state index is -1.15. The van der Waals surface area contributed by atoms with Gasteiger partial charge in [-0.1, -0.05) is 0 Å². The molecule has 2 N–H and O–H groups in total. The van der Waals surface area contributed by atoms with E-state index in [1.807, 2.05) is 0 Å². The number of hydrogen-bond acceptors (Lipinski definition) is 6. The van der Waals surface area contributed by atoms with Gasteiger partial charge in [0.05, 0.1) is 18.1 Å². The van der Waals surface area contributed by atoms with E-state index in [4.69, 9.17) is 10.5 Å². The monoisotopic (exact) mass is 296 g/mol. The molecule has 0 aliphatic rings. The second-order valence-electron chi connectivity index (χ2n) is 5.25. The van der Waals surface area contributed by atoms with Crippen molar-refractivity contribution in [2.45, 2.75) is 38.8 Å². The van der Waals surface area contributed by atoms with Gasteiger partial charge < -0.3 is 15.2 Å². The Morgan fingerprint density at radius 3 is 2.62 bits per heavy atom. The van der Waals surface area contributed by atoms with E-state index < -0.39 is 16.4 Å². The predicted octanol–water partition coefficient (Wildman–Crippen LogP) is 1.95. The zero-order chi connectivity index (χ0) is 16.2. The Labute approximate surface area is 123 Å². The minimum Gasteiger partial charge on any atom is -0.490 e. The van der Waals surface area contributed by atoms with Gasteiger partial charge >= 0.3 is 5.97 Å². The molecule has 0 saturated carbocycles. The van der Waals surface area contributed by atoms with Crippen LogP contribution in [0.3, 0.4) is 0 Å². The largest absolute Gasteiger partial charge is 0.490 e. The topological polar surface area (TPSA) is 105 Å². The predicted molar refractivity (Wildman–Crippen MR) is 77.1 cm³/mol. The van der Waals surface area contributed by atoms with Crippen LogP contribution in [-0.4, -0.2) is 29.6 Å². The summed E-state index contributed by atoms with van der Waals surface area (Å²) in [5, 5.41) is 10.7. The number of aryl methyl sites for hydroxylation is 1. The van der Waals surface area contributed by atoms with Gasteiger partial charge in [0.15, 0.2) is 0 Å². The first-order valence-electron chi connectivity index (χ1n) is 6.46. The number of nitro benzene ring substituents is 1. The van der Waals surface area contributed by atoms with Gasteiger partial charge in [-0.05, 0) is 32.4 Å². The minimum absolute atomic E-state index is 0.00530. The molecule has 0 saturated heterocycles. The highest BCUT2D eigenvalue weighted by Gasteiger charge is 2.32. The Kier molecular flexibility index (Phi) is 5.26. The highest BCUT2D eigenvalue weighted by atomic mass is 16.6. The van der Waals surface area contributed by atoms with Gasteiger partial charge in [-0.15, -0.1) is 0 Å². The third-order valence-electron chi connectivity index (χ3n) is 3.06. The van der Waals surface area contributed by atoms with Crippen LogP contribution in [0.4, 0.5) is 5.69 Å². The number of methoxy groups -OCH3 is 1. The Balaban J connectivity index is 2.77. The number of non-ortho nitro benzene ring substituents is 1. The van der Waals surface area contributed by atoms with E-state index in [0.717, 1.165) is 0 Å². The Hall–Kier alpha value is -2.15. The van der Waals surface area contributed by atoms with Gasteiger partial charge in [-0.3, -0.25) is 14.9 Å². The van der Waals surface area contributed by atoms with E-state index >= 15 is 0 Å². The lowest BCUT2D eigenvalue weighted by Gasteiger charge is -2.26. The molecule has 1 aromatic carbocycles. The average molecular weight is 296 g/mol. The summed E-state index contributed by atoms with van der Waals surface area (Å²) >= 11 is 0. The van der Waals surface area contributed by atoms with Crippen LogP contribution in [0.5, 0.6) is 5.75 Å². The summed E-state index contributed by atoms with van der Waals surface area (Å²) in [5.74, 6) is 0.00661. The summed E-state index contributed by atoms with van der Waals surface area (Å²) in [6.45, 7) is 5.06. The van der Waals surface area contributed by atoms with Gasteiger partial charge in [0.2, 0.25) is 0 Å². The number of carbonyl (C=O) groups is 1. The number of carbonyl (C=O) groups excluding carboxylic acids is 1. The van der Waals surface area contributed by atoms with Crippen molar-refractivity contribution < 1.29 is 19.2 Å². The maximum absolute atomic E-state index is 11.5. The summed E-state index contributed by atoms with van der Waals surface area (Å²) in [4.78, 5) is 21.7. The molecule has 0 heterocycles. The normalized spacial score (nSPS) is 14.9. The van der Waals surface area contributed by atoms with Crippen LogP contribution in [0.1, 0.15) is 25.8 Å². The molecule has 0 amide bonds. The van der Waals surface area contributed by atoms with Crippen molar-refractivity contribution in [3.63, 3.8) is 0 Å². The lowest BCUT2D eigenvalue weighted by molar-refractivity contribution is -0.384. The first-order valence-corrected chi connectivity index (χ1v) is 6.46. The molecular formula is C14H20N2O5. The van der Waals surface area contributed by atoms with Crippen molar-refractivity contribution >= 4 is 11.7 Å². The number of nitrogens with zero attached hydrogens (tertiary/aromatic N) is 1. The van der Waals surface area contributed by atoms with E-state index in [-0.39, 0.29) is 18.2 Å². The fourth-order valence-electron chi connectivity index (χ4n) is 2.05. The number of esters is 1. The molecule has 0 aliphatic heterocycles. The Morgan fingerprint density at radius 1 is 1.52 bits per heavy atom. The second-order valence-corrected chi connectivity index (χ2v) is 5.25. The molecule has 7 heteroatoms. The first-order chi connectivity index (χ1) is 9.67. The molecule has 0 radical (unpaired) electrons. The van der Waals surface area contributed by atoms with Crippen molar-refractivity contribution in [2.75, 3.05) is 7.11 Å². The SMILES string of the molecule is COC(=O)C(C)(N)CC(C)Oc1ccc([N+](=O)[O-])cc1C. The molecule has 0 fully saturated rings. The maximum atomic E-state index is 11.5. The van der Waals surface area contributed by atoms with E-state index in [2.05, 4.69) is 4.74 Å². The highest BCUT2D eigenvalue weighted by Crippen LogP contribution is 2.25. The zero-order valence-corrected chi connectivity index (χ0v) is 12.6. The quantitative estimate of drug-likeness (QED) is 0.488. The standard InChI is InChI=1S/C14H20N2O5/c1-9-7-11(16(18)19)5-6-12(9)21-10(2)8-14(3,15)13(17)20-4/h5-7,10H,8,15H2,1-4H3. The molecule has 0 bridgehead atoms. The molecule has 116 valence electrons. The Morgan fingerprint density at radius 2 is 2.14 bits per heavy atom. The number of nitrogens with two attached hydrogens (primary N) is 1. The molecule has 2 unspecified atom stereocenters. The second kappa shape index (κ2) is 6.53. The molecule has 2 atom stereocenters. The van der Waals surface area contributed by atoms with Crippen molar-refractivity contribution in [1.29, 1.82) is 0 Å². The summed E-state index contributed by atoms with van der Waals surface area (Å²) in [5.41, 5.74) is 5.38. The number of benzene rings is 1.